The Morgan fingerprint density at radius 2 is 1.73 bits per heavy atom. The highest BCUT2D eigenvalue weighted by Crippen LogP contribution is 2.35. The van der Waals surface area contributed by atoms with Crippen LogP contribution in [0.1, 0.15) is 43.7 Å². The molecule has 33 heavy (non-hydrogen) atoms. The Morgan fingerprint density at radius 3 is 2.33 bits per heavy atom. The van der Waals surface area contributed by atoms with Gasteiger partial charge in [-0.1, -0.05) is 42.5 Å². The van der Waals surface area contributed by atoms with Gasteiger partial charge in [-0.2, -0.15) is 0 Å². The number of piperidine rings is 1. The van der Waals surface area contributed by atoms with Crippen molar-refractivity contribution in [2.24, 2.45) is 5.92 Å². The first-order valence-electron chi connectivity index (χ1n) is 11.7. The predicted octanol–water partition coefficient (Wildman–Crippen LogP) is 3.46. The lowest BCUT2D eigenvalue weighted by Crippen LogP contribution is -2.56. The molecule has 0 radical (unpaired) electrons. The summed E-state index contributed by atoms with van der Waals surface area (Å²) in [4.78, 5) is 38.5. The number of urea groups is 1. The zero-order chi connectivity index (χ0) is 23.3. The Kier molecular flexibility index (Phi) is 7.08. The standard InChI is InChI=1S/C26H32N4O3/c1-19(31)27-23-11-9-21(10-12-23)18-30-16-13-22(14-17-30)26(24(32)28-25(33)29-26)15-5-8-20-6-3-2-4-7-20/h2-4,6-7,9-12,22H,5,8,13-18H2,1H3,(H,27,31)(H2,28,29,32,33)/t26-/m1/s1. The Bertz CT molecular complexity index is 984. The van der Waals surface area contributed by atoms with Crippen LogP contribution in [0.5, 0.6) is 0 Å². The number of imide groups is 1. The molecule has 0 aromatic heterocycles. The summed E-state index contributed by atoms with van der Waals surface area (Å²) in [5.74, 6) is -0.128. The van der Waals surface area contributed by atoms with E-state index in [4.69, 9.17) is 0 Å². The van der Waals surface area contributed by atoms with Crippen molar-refractivity contribution in [3.05, 3.63) is 65.7 Å². The van der Waals surface area contributed by atoms with Gasteiger partial charge in [0.05, 0.1) is 0 Å². The Balaban J connectivity index is 1.34. The van der Waals surface area contributed by atoms with Crippen molar-refractivity contribution in [2.75, 3.05) is 18.4 Å². The van der Waals surface area contributed by atoms with Gasteiger partial charge in [0.1, 0.15) is 5.54 Å². The Morgan fingerprint density at radius 1 is 1.03 bits per heavy atom. The molecule has 4 amide bonds. The van der Waals surface area contributed by atoms with Crippen LogP contribution in [-0.4, -0.2) is 41.4 Å². The zero-order valence-corrected chi connectivity index (χ0v) is 19.1. The molecule has 7 nitrogen and oxygen atoms in total. The van der Waals surface area contributed by atoms with Crippen LogP contribution in [0.2, 0.25) is 0 Å². The average molecular weight is 449 g/mol. The molecule has 2 aliphatic heterocycles. The lowest BCUT2D eigenvalue weighted by molar-refractivity contribution is -0.127. The van der Waals surface area contributed by atoms with Crippen molar-refractivity contribution in [2.45, 2.75) is 51.1 Å². The monoisotopic (exact) mass is 448 g/mol. The van der Waals surface area contributed by atoms with Gasteiger partial charge in [-0.3, -0.25) is 19.8 Å². The van der Waals surface area contributed by atoms with E-state index in [0.717, 1.165) is 51.0 Å². The minimum Gasteiger partial charge on any atom is -0.326 e. The van der Waals surface area contributed by atoms with Crippen LogP contribution in [0.4, 0.5) is 10.5 Å². The summed E-state index contributed by atoms with van der Waals surface area (Å²) in [6, 6.07) is 17.8. The van der Waals surface area contributed by atoms with Crippen LogP contribution in [0.3, 0.4) is 0 Å². The first-order valence-corrected chi connectivity index (χ1v) is 11.7. The topological polar surface area (TPSA) is 90.5 Å². The van der Waals surface area contributed by atoms with Gasteiger partial charge in [0, 0.05) is 19.2 Å². The van der Waals surface area contributed by atoms with E-state index in [1.54, 1.807) is 0 Å². The fourth-order valence-electron chi connectivity index (χ4n) is 5.13. The number of amides is 4. The highest BCUT2D eigenvalue weighted by molar-refractivity contribution is 6.07. The fraction of sp³-hybridized carbons (Fsp3) is 0.423. The maximum absolute atomic E-state index is 12.9. The summed E-state index contributed by atoms with van der Waals surface area (Å²) >= 11 is 0. The van der Waals surface area contributed by atoms with Crippen molar-refractivity contribution >= 4 is 23.5 Å². The molecule has 7 heteroatoms. The van der Waals surface area contributed by atoms with Crippen LogP contribution in [0.25, 0.3) is 0 Å². The van der Waals surface area contributed by atoms with Crippen molar-refractivity contribution in [1.29, 1.82) is 0 Å². The first kappa shape index (κ1) is 23.0. The van der Waals surface area contributed by atoms with Crippen molar-refractivity contribution in [1.82, 2.24) is 15.5 Å². The van der Waals surface area contributed by atoms with Crippen molar-refractivity contribution in [3.8, 4) is 0 Å². The molecular formula is C26H32N4O3. The molecule has 4 rings (SSSR count). The van der Waals surface area contributed by atoms with Gasteiger partial charge in [0.2, 0.25) is 5.91 Å². The molecule has 2 fully saturated rings. The summed E-state index contributed by atoms with van der Waals surface area (Å²) in [5.41, 5.74) is 2.42. The van der Waals surface area contributed by atoms with Gasteiger partial charge in [0.15, 0.2) is 0 Å². The molecule has 1 atom stereocenters. The number of carbonyl (C=O) groups is 3. The second-order valence-electron chi connectivity index (χ2n) is 9.15. The number of rotatable bonds is 8. The zero-order valence-electron chi connectivity index (χ0n) is 19.1. The first-order chi connectivity index (χ1) is 15.9. The number of aryl methyl sites for hydroxylation is 1. The number of nitrogens with one attached hydrogen (secondary N) is 3. The molecule has 174 valence electrons. The van der Waals surface area contributed by atoms with Gasteiger partial charge >= 0.3 is 6.03 Å². The lowest BCUT2D eigenvalue weighted by Gasteiger charge is -2.40. The van der Waals surface area contributed by atoms with Crippen LogP contribution in [-0.2, 0) is 22.6 Å². The van der Waals surface area contributed by atoms with E-state index in [1.807, 2.05) is 42.5 Å². The maximum Gasteiger partial charge on any atom is 0.322 e. The number of benzene rings is 2. The number of carbonyl (C=O) groups excluding carboxylic acids is 3. The van der Waals surface area contributed by atoms with E-state index in [-0.39, 0.29) is 23.8 Å². The van der Waals surface area contributed by atoms with E-state index < -0.39 is 5.54 Å². The third-order valence-corrected chi connectivity index (χ3v) is 6.81. The Hall–Kier alpha value is -3.19. The van der Waals surface area contributed by atoms with Gasteiger partial charge < -0.3 is 10.6 Å². The number of likely N-dealkylation sites (tertiary alicyclic amines) is 1. The van der Waals surface area contributed by atoms with E-state index >= 15 is 0 Å². The predicted molar refractivity (Wildman–Crippen MR) is 128 cm³/mol. The van der Waals surface area contributed by atoms with Crippen LogP contribution in [0, 0.1) is 5.92 Å². The van der Waals surface area contributed by atoms with E-state index in [0.29, 0.717) is 6.42 Å². The van der Waals surface area contributed by atoms with Gasteiger partial charge in [-0.15, -0.1) is 0 Å². The quantitative estimate of drug-likeness (QED) is 0.540. The smallest absolute Gasteiger partial charge is 0.322 e. The second kappa shape index (κ2) is 10.2. The van der Waals surface area contributed by atoms with Gasteiger partial charge in [0.25, 0.3) is 5.91 Å². The maximum atomic E-state index is 12.9. The molecule has 0 unspecified atom stereocenters. The number of hydrogen-bond donors (Lipinski definition) is 3. The molecule has 2 heterocycles. The molecule has 0 aliphatic carbocycles. The second-order valence-corrected chi connectivity index (χ2v) is 9.15. The summed E-state index contributed by atoms with van der Waals surface area (Å²) in [5, 5.41) is 8.28. The molecule has 2 aliphatic rings. The normalized spacial score (nSPS) is 21.5. The number of anilines is 1. The number of hydrogen-bond acceptors (Lipinski definition) is 4. The lowest BCUT2D eigenvalue weighted by atomic mass is 9.74. The molecular weight excluding hydrogens is 416 g/mol. The minimum atomic E-state index is -0.808. The third-order valence-electron chi connectivity index (χ3n) is 6.81. The summed E-state index contributed by atoms with van der Waals surface area (Å²) in [6.07, 6.45) is 4.11. The summed E-state index contributed by atoms with van der Waals surface area (Å²) in [7, 11) is 0. The Labute approximate surface area is 194 Å². The van der Waals surface area contributed by atoms with Crippen LogP contribution in [0.15, 0.2) is 54.6 Å². The van der Waals surface area contributed by atoms with Crippen LogP contribution < -0.4 is 16.0 Å². The van der Waals surface area contributed by atoms with Crippen LogP contribution >= 0.6 is 0 Å². The van der Waals surface area contributed by atoms with E-state index in [9.17, 15) is 14.4 Å². The molecule has 2 aromatic rings. The molecule has 2 aromatic carbocycles. The third kappa shape index (κ3) is 5.60. The van der Waals surface area contributed by atoms with Crippen molar-refractivity contribution < 1.29 is 14.4 Å². The van der Waals surface area contributed by atoms with Gasteiger partial charge in [-0.05, 0) is 74.4 Å². The number of nitrogens with zero attached hydrogens (tertiary/aromatic N) is 1. The fourth-order valence-corrected chi connectivity index (χ4v) is 5.13. The largest absolute Gasteiger partial charge is 0.326 e. The van der Waals surface area contributed by atoms with E-state index in [1.165, 1.54) is 18.1 Å². The van der Waals surface area contributed by atoms with E-state index in [2.05, 4.69) is 33.0 Å². The summed E-state index contributed by atoms with van der Waals surface area (Å²) in [6.45, 7) is 4.08. The highest BCUT2D eigenvalue weighted by atomic mass is 16.2. The average Bonchev–Trinajstić information content (AvgIpc) is 3.10. The van der Waals surface area contributed by atoms with Crippen molar-refractivity contribution in [3.63, 3.8) is 0 Å². The molecule has 3 N–H and O–H groups in total. The highest BCUT2D eigenvalue weighted by Gasteiger charge is 2.51. The summed E-state index contributed by atoms with van der Waals surface area (Å²) < 4.78 is 0. The van der Waals surface area contributed by atoms with Gasteiger partial charge in [-0.25, -0.2) is 4.79 Å². The molecule has 0 saturated carbocycles. The molecule has 0 spiro atoms. The molecule has 2 saturated heterocycles. The minimum absolute atomic E-state index is 0.0782. The SMILES string of the molecule is CC(=O)Nc1ccc(CN2CCC([C@@]3(CCCc4ccccc4)NC(=O)NC3=O)CC2)cc1. The molecule has 0 bridgehead atoms.